The van der Waals surface area contributed by atoms with Crippen molar-refractivity contribution in [2.45, 2.75) is 45.1 Å². The van der Waals surface area contributed by atoms with Crippen LogP contribution in [0.25, 0.3) is 10.1 Å². The van der Waals surface area contributed by atoms with Crippen LogP contribution in [-0.2, 0) is 17.6 Å². The van der Waals surface area contributed by atoms with Crippen molar-refractivity contribution in [3.8, 4) is 0 Å². The number of rotatable bonds is 6. The van der Waals surface area contributed by atoms with E-state index in [2.05, 4.69) is 29.6 Å². The highest BCUT2D eigenvalue weighted by atomic mass is 32.1. The monoisotopic (exact) mass is 436 g/mol. The van der Waals surface area contributed by atoms with E-state index in [-0.39, 0.29) is 0 Å². The third-order valence-electron chi connectivity index (χ3n) is 5.46. The van der Waals surface area contributed by atoms with Gasteiger partial charge in [-0.25, -0.2) is 4.79 Å². The highest BCUT2D eigenvalue weighted by Crippen LogP contribution is 2.24. The topological polar surface area (TPSA) is 74.6 Å². The molecule has 31 heavy (non-hydrogen) atoms. The van der Waals surface area contributed by atoms with Gasteiger partial charge in [-0.05, 0) is 64.9 Å². The van der Waals surface area contributed by atoms with Crippen LogP contribution in [0.3, 0.4) is 0 Å². The van der Waals surface area contributed by atoms with E-state index in [0.717, 1.165) is 24.0 Å². The van der Waals surface area contributed by atoms with E-state index in [9.17, 15) is 14.7 Å². The molecule has 4 rings (SSSR count). The maximum absolute atomic E-state index is 11.2. The van der Waals surface area contributed by atoms with Crippen molar-refractivity contribution in [2.24, 2.45) is 5.92 Å². The molecule has 4 nitrogen and oxygen atoms in total. The van der Waals surface area contributed by atoms with E-state index < -0.39 is 12.1 Å². The number of aryl methyl sites for hydroxylation is 1. The van der Waals surface area contributed by atoms with Gasteiger partial charge in [-0.2, -0.15) is 0 Å². The first-order chi connectivity index (χ1) is 14.9. The quantitative estimate of drug-likeness (QED) is 0.488. The summed E-state index contributed by atoms with van der Waals surface area (Å²) in [7, 11) is 0. The third kappa shape index (κ3) is 6.88. The summed E-state index contributed by atoms with van der Waals surface area (Å²) >= 11 is 1.73. The SMILES string of the molecule is CCc1ccc(C(=O)O)cc1.O=C1CC[C@H](/C=C/C(O)Cc2ccc3ccsc3c2)C1. The lowest BCUT2D eigenvalue weighted by atomic mass is 10.0. The van der Waals surface area contributed by atoms with Gasteiger partial charge in [0.1, 0.15) is 5.78 Å². The van der Waals surface area contributed by atoms with Crippen LogP contribution in [0.2, 0.25) is 0 Å². The molecule has 2 atom stereocenters. The lowest BCUT2D eigenvalue weighted by Crippen LogP contribution is -2.07. The second-order valence-electron chi connectivity index (χ2n) is 7.85. The van der Waals surface area contributed by atoms with Crippen LogP contribution in [0.5, 0.6) is 0 Å². The van der Waals surface area contributed by atoms with Crippen molar-refractivity contribution in [1.82, 2.24) is 0 Å². The van der Waals surface area contributed by atoms with Gasteiger partial charge in [-0.15, -0.1) is 11.3 Å². The van der Waals surface area contributed by atoms with Crippen molar-refractivity contribution in [1.29, 1.82) is 0 Å². The number of carboxylic acid groups (broad SMARTS) is 1. The van der Waals surface area contributed by atoms with Crippen LogP contribution >= 0.6 is 11.3 Å². The van der Waals surface area contributed by atoms with E-state index in [1.165, 1.54) is 10.1 Å². The summed E-state index contributed by atoms with van der Waals surface area (Å²) in [6.07, 6.45) is 7.24. The van der Waals surface area contributed by atoms with Gasteiger partial charge in [0, 0.05) is 24.0 Å². The van der Waals surface area contributed by atoms with E-state index in [4.69, 9.17) is 5.11 Å². The maximum atomic E-state index is 11.2. The zero-order valence-electron chi connectivity index (χ0n) is 17.7. The zero-order chi connectivity index (χ0) is 22.2. The number of hydrogen-bond donors (Lipinski definition) is 2. The van der Waals surface area contributed by atoms with Gasteiger partial charge < -0.3 is 10.2 Å². The molecule has 1 saturated carbocycles. The molecule has 3 aromatic rings. The van der Waals surface area contributed by atoms with Crippen LogP contribution < -0.4 is 0 Å². The van der Waals surface area contributed by atoms with Gasteiger partial charge in [0.15, 0.2) is 0 Å². The highest BCUT2D eigenvalue weighted by molar-refractivity contribution is 7.17. The Morgan fingerprint density at radius 3 is 2.55 bits per heavy atom. The van der Waals surface area contributed by atoms with E-state index in [1.54, 1.807) is 23.5 Å². The molecule has 0 radical (unpaired) electrons. The minimum Gasteiger partial charge on any atom is -0.478 e. The average Bonchev–Trinajstić information content (AvgIpc) is 3.41. The third-order valence-corrected chi connectivity index (χ3v) is 6.34. The van der Waals surface area contributed by atoms with Gasteiger partial charge in [0.2, 0.25) is 0 Å². The van der Waals surface area contributed by atoms with Crippen LogP contribution in [0, 0.1) is 5.92 Å². The van der Waals surface area contributed by atoms with E-state index in [0.29, 0.717) is 36.5 Å². The van der Waals surface area contributed by atoms with Gasteiger partial charge in [-0.3, -0.25) is 4.79 Å². The molecule has 1 fully saturated rings. The lowest BCUT2D eigenvalue weighted by Gasteiger charge is -2.07. The number of aromatic carboxylic acids is 1. The summed E-state index contributed by atoms with van der Waals surface area (Å²) < 4.78 is 1.26. The van der Waals surface area contributed by atoms with E-state index in [1.807, 2.05) is 31.2 Å². The summed E-state index contributed by atoms with van der Waals surface area (Å²) in [5, 5.41) is 22.0. The maximum Gasteiger partial charge on any atom is 0.335 e. The molecule has 1 aliphatic carbocycles. The first-order valence-electron chi connectivity index (χ1n) is 10.6. The standard InChI is InChI=1S/C17H18O2S.C9H10O2/c18-15-5-2-12(9-15)3-6-16(19)10-13-1-4-14-7-8-20-17(14)11-13;1-2-7-3-5-8(6-4-7)9(10)11/h1,3-4,6-8,11-12,16,19H,2,5,9-10H2;3-6H,2H2,1H3,(H,10,11)/b6-3+;/t12-,16?;/m1./s1. The fourth-order valence-electron chi connectivity index (χ4n) is 3.61. The fourth-order valence-corrected chi connectivity index (χ4v) is 4.46. The van der Waals surface area contributed by atoms with Crippen LogP contribution in [0.15, 0.2) is 66.1 Å². The first kappa shape index (κ1) is 22.9. The molecule has 0 saturated heterocycles. The van der Waals surface area contributed by atoms with Crippen molar-refractivity contribution in [3.05, 3.63) is 82.8 Å². The number of carbonyl (C=O) groups excluding carboxylic acids is 1. The highest BCUT2D eigenvalue weighted by Gasteiger charge is 2.19. The smallest absolute Gasteiger partial charge is 0.335 e. The Hall–Kier alpha value is -2.76. The molecule has 162 valence electrons. The van der Waals surface area contributed by atoms with Gasteiger partial charge >= 0.3 is 5.97 Å². The summed E-state index contributed by atoms with van der Waals surface area (Å²) in [6.45, 7) is 2.04. The minimum absolute atomic E-state index is 0.330. The Balaban J connectivity index is 0.000000210. The summed E-state index contributed by atoms with van der Waals surface area (Å²) in [5.41, 5.74) is 2.66. The molecular weight excluding hydrogens is 408 g/mol. The largest absolute Gasteiger partial charge is 0.478 e. The van der Waals surface area contributed by atoms with Gasteiger partial charge in [0.05, 0.1) is 11.7 Å². The number of ketones is 1. The summed E-state index contributed by atoms with van der Waals surface area (Å²) in [6, 6.07) is 15.4. The van der Waals surface area contributed by atoms with Crippen LogP contribution in [0.4, 0.5) is 0 Å². The van der Waals surface area contributed by atoms with Crippen molar-refractivity contribution in [2.75, 3.05) is 0 Å². The Bertz CT molecular complexity index is 1050. The van der Waals surface area contributed by atoms with Gasteiger partial charge in [-0.1, -0.05) is 43.3 Å². The average molecular weight is 437 g/mol. The van der Waals surface area contributed by atoms with E-state index >= 15 is 0 Å². The number of carboxylic acids is 1. The molecule has 1 unspecified atom stereocenters. The normalized spacial score (nSPS) is 17.0. The Morgan fingerprint density at radius 1 is 1.16 bits per heavy atom. The molecule has 5 heteroatoms. The number of aliphatic hydroxyl groups excluding tert-OH is 1. The molecular formula is C26H28O4S. The lowest BCUT2D eigenvalue weighted by molar-refractivity contribution is -0.117. The molecule has 0 spiro atoms. The zero-order valence-corrected chi connectivity index (χ0v) is 18.5. The molecule has 2 aromatic carbocycles. The number of aliphatic hydroxyl groups is 1. The molecule has 1 heterocycles. The molecule has 0 aliphatic heterocycles. The molecule has 1 aliphatic rings. The first-order valence-corrected chi connectivity index (χ1v) is 11.5. The van der Waals surface area contributed by atoms with Crippen molar-refractivity contribution >= 4 is 33.2 Å². The summed E-state index contributed by atoms with van der Waals surface area (Å²) in [5.74, 6) is -0.193. The number of benzene rings is 2. The predicted molar refractivity (Wildman–Crippen MR) is 126 cm³/mol. The Labute approximate surface area is 186 Å². The molecule has 0 bridgehead atoms. The Kier molecular flexibility index (Phi) is 8.15. The van der Waals surface area contributed by atoms with Crippen LogP contribution in [0.1, 0.15) is 47.7 Å². The van der Waals surface area contributed by atoms with Crippen molar-refractivity contribution in [3.63, 3.8) is 0 Å². The fraction of sp³-hybridized carbons (Fsp3) is 0.308. The second kappa shape index (κ2) is 11.0. The van der Waals surface area contributed by atoms with Gasteiger partial charge in [0.25, 0.3) is 0 Å². The molecule has 0 amide bonds. The number of thiophene rings is 1. The number of allylic oxidation sites excluding steroid dienone is 1. The predicted octanol–water partition coefficient (Wildman–Crippen LogP) is 5.68. The number of carbonyl (C=O) groups is 2. The minimum atomic E-state index is -0.868. The van der Waals surface area contributed by atoms with Crippen molar-refractivity contribution < 1.29 is 19.8 Å². The number of Topliss-reactive ketones (excluding diaryl/α,β-unsaturated/α-hetero) is 1. The molecule has 1 aromatic heterocycles. The number of hydrogen-bond acceptors (Lipinski definition) is 4. The Morgan fingerprint density at radius 2 is 1.90 bits per heavy atom. The summed E-state index contributed by atoms with van der Waals surface area (Å²) in [4.78, 5) is 21.6. The molecule has 2 N–H and O–H groups in total. The van der Waals surface area contributed by atoms with Crippen LogP contribution in [-0.4, -0.2) is 28.1 Å². The second-order valence-corrected chi connectivity index (χ2v) is 8.79. The number of fused-ring (bicyclic) bond motifs is 1.